The van der Waals surface area contributed by atoms with Crippen molar-refractivity contribution in [3.63, 3.8) is 0 Å². The van der Waals surface area contributed by atoms with Crippen LogP contribution in [-0.4, -0.2) is 27.1 Å². The summed E-state index contributed by atoms with van der Waals surface area (Å²) >= 11 is 5.47. The lowest BCUT2D eigenvalue weighted by Crippen LogP contribution is -2.06. The summed E-state index contributed by atoms with van der Waals surface area (Å²) in [5, 5.41) is 11.1. The van der Waals surface area contributed by atoms with E-state index in [-0.39, 0.29) is 5.92 Å². The maximum absolute atomic E-state index is 5.47. The molecule has 0 fully saturated rings. The summed E-state index contributed by atoms with van der Waals surface area (Å²) in [5.74, 6) is 1.01. The fourth-order valence-corrected chi connectivity index (χ4v) is 3.60. The third kappa shape index (κ3) is 4.19. The highest BCUT2D eigenvalue weighted by molar-refractivity contribution is 7.71. The van der Waals surface area contributed by atoms with Crippen LogP contribution in [0.1, 0.15) is 42.0 Å². The second-order valence-corrected chi connectivity index (χ2v) is 6.76. The topological polar surface area (TPSA) is 55.7 Å². The zero-order valence-corrected chi connectivity index (χ0v) is 16.0. The lowest BCUT2D eigenvalue weighted by Gasteiger charge is -2.17. The Morgan fingerprint density at radius 1 is 1.19 bits per heavy atom. The molecule has 0 bridgehead atoms. The SMILES string of the molecule is COc1cccn(CCCCC(c2cn[nH]n2)c2ccccc2C)c1=S. The minimum atomic E-state index is 0.258. The third-order valence-electron chi connectivity index (χ3n) is 4.70. The lowest BCUT2D eigenvalue weighted by atomic mass is 9.88. The molecule has 0 radical (unpaired) electrons. The number of aryl methyl sites for hydroxylation is 2. The van der Waals surface area contributed by atoms with Gasteiger partial charge in [0.05, 0.1) is 19.0 Å². The molecule has 1 N–H and O–H groups in total. The van der Waals surface area contributed by atoms with E-state index >= 15 is 0 Å². The molecule has 3 rings (SSSR count). The van der Waals surface area contributed by atoms with Crippen molar-refractivity contribution >= 4 is 12.2 Å². The van der Waals surface area contributed by atoms with Crippen LogP contribution >= 0.6 is 12.2 Å². The summed E-state index contributed by atoms with van der Waals surface area (Å²) in [6, 6.07) is 12.4. The second-order valence-electron chi connectivity index (χ2n) is 6.37. The van der Waals surface area contributed by atoms with Gasteiger partial charge in [0.1, 0.15) is 4.64 Å². The number of hydrogen-bond acceptors (Lipinski definition) is 4. The Bertz CT molecular complexity index is 889. The van der Waals surface area contributed by atoms with Gasteiger partial charge >= 0.3 is 0 Å². The number of nitrogens with one attached hydrogen (secondary N) is 1. The molecule has 1 aromatic carbocycles. The Morgan fingerprint density at radius 2 is 2.04 bits per heavy atom. The van der Waals surface area contributed by atoms with Crippen LogP contribution < -0.4 is 4.74 Å². The zero-order chi connectivity index (χ0) is 18.4. The van der Waals surface area contributed by atoms with E-state index in [0.717, 1.165) is 41.9 Å². The van der Waals surface area contributed by atoms with Gasteiger partial charge in [-0.15, -0.1) is 0 Å². The molecule has 6 heteroatoms. The molecule has 26 heavy (non-hydrogen) atoms. The molecule has 0 saturated heterocycles. The number of benzene rings is 1. The van der Waals surface area contributed by atoms with Gasteiger partial charge in [-0.1, -0.05) is 42.9 Å². The van der Waals surface area contributed by atoms with Crippen LogP contribution in [-0.2, 0) is 6.54 Å². The molecule has 0 aliphatic rings. The zero-order valence-electron chi connectivity index (χ0n) is 15.2. The van der Waals surface area contributed by atoms with Crippen molar-refractivity contribution in [1.82, 2.24) is 20.0 Å². The number of unbranched alkanes of at least 4 members (excludes halogenated alkanes) is 1. The molecule has 0 saturated carbocycles. The minimum absolute atomic E-state index is 0.258. The van der Waals surface area contributed by atoms with Gasteiger partial charge in [-0.05, 0) is 43.0 Å². The summed E-state index contributed by atoms with van der Waals surface area (Å²) in [6.45, 7) is 3.04. The van der Waals surface area contributed by atoms with Crippen LogP contribution in [0.2, 0.25) is 0 Å². The predicted octanol–water partition coefficient (Wildman–Crippen LogP) is 4.66. The number of pyridine rings is 1. The van der Waals surface area contributed by atoms with E-state index in [1.165, 1.54) is 11.1 Å². The summed E-state index contributed by atoms with van der Waals surface area (Å²) in [4.78, 5) is 0. The highest BCUT2D eigenvalue weighted by Crippen LogP contribution is 2.30. The first-order chi connectivity index (χ1) is 12.7. The molecule has 2 heterocycles. The van der Waals surface area contributed by atoms with E-state index in [4.69, 9.17) is 17.0 Å². The smallest absolute Gasteiger partial charge is 0.153 e. The van der Waals surface area contributed by atoms with E-state index in [2.05, 4.69) is 51.2 Å². The number of methoxy groups -OCH3 is 1. The number of aromatic amines is 1. The first kappa shape index (κ1) is 18.3. The number of H-pyrrole nitrogens is 1. The first-order valence-corrected chi connectivity index (χ1v) is 9.26. The van der Waals surface area contributed by atoms with E-state index in [1.54, 1.807) is 7.11 Å². The molecule has 0 aliphatic heterocycles. The summed E-state index contributed by atoms with van der Waals surface area (Å²) < 4.78 is 8.13. The first-order valence-electron chi connectivity index (χ1n) is 8.85. The minimum Gasteiger partial charge on any atom is -0.494 e. The van der Waals surface area contributed by atoms with Gasteiger partial charge in [0.25, 0.3) is 0 Å². The van der Waals surface area contributed by atoms with Crippen LogP contribution in [0.15, 0.2) is 48.8 Å². The summed E-state index contributed by atoms with van der Waals surface area (Å²) in [7, 11) is 1.65. The molecule has 0 amide bonds. The summed E-state index contributed by atoms with van der Waals surface area (Å²) in [5.41, 5.74) is 3.60. The quantitative estimate of drug-likeness (QED) is 0.464. The maximum Gasteiger partial charge on any atom is 0.153 e. The predicted molar refractivity (Wildman–Crippen MR) is 105 cm³/mol. The Hall–Kier alpha value is -2.47. The Balaban J connectivity index is 1.66. The van der Waals surface area contributed by atoms with Crippen LogP contribution in [0.4, 0.5) is 0 Å². The number of rotatable bonds is 8. The van der Waals surface area contributed by atoms with Gasteiger partial charge in [-0.2, -0.15) is 15.4 Å². The lowest BCUT2D eigenvalue weighted by molar-refractivity contribution is 0.405. The van der Waals surface area contributed by atoms with Crippen LogP contribution in [0.25, 0.3) is 0 Å². The number of hydrogen-bond donors (Lipinski definition) is 1. The molecule has 136 valence electrons. The van der Waals surface area contributed by atoms with Crippen LogP contribution in [0.5, 0.6) is 5.75 Å². The van der Waals surface area contributed by atoms with Gasteiger partial charge in [-0.3, -0.25) is 0 Å². The number of ether oxygens (including phenoxy) is 1. The van der Waals surface area contributed by atoms with Gasteiger partial charge in [-0.25, -0.2) is 0 Å². The molecule has 0 aliphatic carbocycles. The van der Waals surface area contributed by atoms with Crippen LogP contribution in [0.3, 0.4) is 0 Å². The highest BCUT2D eigenvalue weighted by Gasteiger charge is 2.18. The van der Waals surface area contributed by atoms with E-state index in [0.29, 0.717) is 0 Å². The number of aromatic nitrogens is 4. The largest absolute Gasteiger partial charge is 0.494 e. The Labute approximate surface area is 159 Å². The fourth-order valence-electron chi connectivity index (χ4n) is 3.30. The highest BCUT2D eigenvalue weighted by atomic mass is 32.1. The van der Waals surface area contributed by atoms with E-state index in [1.807, 2.05) is 24.5 Å². The average molecular weight is 369 g/mol. The molecular formula is C20H24N4OS. The molecule has 0 spiro atoms. The standard InChI is InChI=1S/C20H24N4OS/c1-15-8-3-4-9-16(15)17(18-14-21-23-22-18)10-5-6-12-24-13-7-11-19(25-2)20(24)26/h3-4,7-9,11,13-14,17H,5-6,10,12H2,1-2H3,(H,21,22,23). The second kappa shape index (κ2) is 8.76. The fraction of sp³-hybridized carbons (Fsp3) is 0.350. The van der Waals surface area contributed by atoms with Crippen LogP contribution in [0, 0.1) is 11.6 Å². The average Bonchev–Trinajstić information content (AvgIpc) is 3.18. The summed E-state index contributed by atoms with van der Waals surface area (Å²) in [6.07, 6.45) is 6.98. The molecule has 5 nitrogen and oxygen atoms in total. The van der Waals surface area contributed by atoms with Gasteiger partial charge in [0, 0.05) is 18.7 Å². The van der Waals surface area contributed by atoms with E-state index in [9.17, 15) is 0 Å². The van der Waals surface area contributed by atoms with Gasteiger partial charge < -0.3 is 9.30 Å². The van der Waals surface area contributed by atoms with E-state index < -0.39 is 0 Å². The molecular weight excluding hydrogens is 344 g/mol. The van der Waals surface area contributed by atoms with Crippen molar-refractivity contribution in [3.05, 3.63) is 70.3 Å². The number of nitrogens with zero attached hydrogens (tertiary/aromatic N) is 3. The third-order valence-corrected chi connectivity index (χ3v) is 5.14. The van der Waals surface area contributed by atoms with Crippen molar-refractivity contribution < 1.29 is 4.74 Å². The Kier molecular flexibility index (Phi) is 6.17. The normalized spacial score (nSPS) is 12.1. The maximum atomic E-state index is 5.47. The molecule has 1 atom stereocenters. The molecule has 3 aromatic rings. The van der Waals surface area contributed by atoms with Crippen molar-refractivity contribution in [2.24, 2.45) is 0 Å². The van der Waals surface area contributed by atoms with Gasteiger partial charge in [0.15, 0.2) is 5.75 Å². The Morgan fingerprint density at radius 3 is 2.77 bits per heavy atom. The van der Waals surface area contributed by atoms with Crippen molar-refractivity contribution in [1.29, 1.82) is 0 Å². The monoisotopic (exact) mass is 368 g/mol. The van der Waals surface area contributed by atoms with Gasteiger partial charge in [0.2, 0.25) is 0 Å². The molecule has 1 unspecified atom stereocenters. The van der Waals surface area contributed by atoms with Crippen molar-refractivity contribution in [3.8, 4) is 5.75 Å². The van der Waals surface area contributed by atoms with Crippen molar-refractivity contribution in [2.75, 3.05) is 7.11 Å². The molecule has 2 aromatic heterocycles. The van der Waals surface area contributed by atoms with Crippen molar-refractivity contribution in [2.45, 2.75) is 38.6 Å².